The first kappa shape index (κ1) is 16.5. The van der Waals surface area contributed by atoms with Gasteiger partial charge in [-0.25, -0.2) is 0 Å². The van der Waals surface area contributed by atoms with Gasteiger partial charge in [0.15, 0.2) is 12.2 Å². The van der Waals surface area contributed by atoms with Crippen molar-refractivity contribution in [3.05, 3.63) is 53.1 Å². The molecule has 4 rings (SSSR count). The zero-order valence-corrected chi connectivity index (χ0v) is 14.3. The lowest BCUT2D eigenvalue weighted by Crippen LogP contribution is -2.37. The molecule has 0 amide bonds. The molecule has 0 fully saturated rings. The van der Waals surface area contributed by atoms with Crippen molar-refractivity contribution in [2.24, 2.45) is 0 Å². The van der Waals surface area contributed by atoms with Crippen molar-refractivity contribution in [2.75, 3.05) is 0 Å². The van der Waals surface area contributed by atoms with E-state index >= 15 is 0 Å². The van der Waals surface area contributed by atoms with Crippen LogP contribution >= 0.6 is 0 Å². The van der Waals surface area contributed by atoms with Crippen molar-refractivity contribution in [2.45, 2.75) is 31.7 Å². The smallest absolute Gasteiger partial charge is 0.202 e. The molecule has 26 heavy (non-hydrogen) atoms. The Hall–Kier alpha value is -2.99. The number of carbonyl (C=O) groups excluding carboxylic acids is 1. The topological polar surface area (TPSA) is 96.2 Å². The standard InChI is InChI=1S/C20H18O6/c1-20(2)8-7-12-14(26-20)9-13(22)15-16(23)17(24)18(25-19(12)15)10-3-5-11(21)6-4-10/h3-9,17-18,21-22,24H,1-2H3/t17-,18+/m1/s1. The molecule has 0 bridgehead atoms. The summed E-state index contributed by atoms with van der Waals surface area (Å²) in [7, 11) is 0. The van der Waals surface area contributed by atoms with E-state index in [1.807, 2.05) is 19.9 Å². The number of phenols is 2. The van der Waals surface area contributed by atoms with Crippen molar-refractivity contribution in [1.29, 1.82) is 0 Å². The number of Topliss-reactive ketones (excluding diaryl/α,β-unsaturated/α-hetero) is 1. The number of hydrogen-bond donors (Lipinski definition) is 3. The van der Waals surface area contributed by atoms with Crippen LogP contribution in [-0.2, 0) is 0 Å². The highest BCUT2D eigenvalue weighted by Gasteiger charge is 2.41. The van der Waals surface area contributed by atoms with Crippen LogP contribution in [0.4, 0.5) is 0 Å². The highest BCUT2D eigenvalue weighted by Crippen LogP contribution is 2.48. The molecule has 3 N–H and O–H groups in total. The van der Waals surface area contributed by atoms with Crippen LogP contribution in [0.5, 0.6) is 23.0 Å². The first-order chi connectivity index (χ1) is 12.3. The average Bonchev–Trinajstić information content (AvgIpc) is 2.57. The van der Waals surface area contributed by atoms with E-state index in [0.29, 0.717) is 16.9 Å². The van der Waals surface area contributed by atoms with Crippen molar-refractivity contribution >= 4 is 11.9 Å². The second-order valence-corrected chi connectivity index (χ2v) is 6.99. The maximum absolute atomic E-state index is 12.7. The van der Waals surface area contributed by atoms with Gasteiger partial charge in [0, 0.05) is 6.07 Å². The normalized spacial score (nSPS) is 22.8. The van der Waals surface area contributed by atoms with Crippen LogP contribution in [0.1, 0.15) is 41.4 Å². The fraction of sp³-hybridized carbons (Fsp3) is 0.250. The number of ketones is 1. The molecule has 0 saturated carbocycles. The van der Waals surface area contributed by atoms with E-state index in [9.17, 15) is 20.1 Å². The Bertz CT molecular complexity index is 926. The Kier molecular flexibility index (Phi) is 3.49. The highest BCUT2D eigenvalue weighted by molar-refractivity contribution is 6.07. The van der Waals surface area contributed by atoms with Gasteiger partial charge in [-0.15, -0.1) is 0 Å². The van der Waals surface area contributed by atoms with Gasteiger partial charge in [0.05, 0.1) is 5.56 Å². The van der Waals surface area contributed by atoms with E-state index in [0.717, 1.165) is 0 Å². The van der Waals surface area contributed by atoms with Crippen LogP contribution in [0.15, 0.2) is 36.4 Å². The maximum atomic E-state index is 12.7. The van der Waals surface area contributed by atoms with Crippen LogP contribution in [0.25, 0.3) is 6.08 Å². The molecular formula is C20H18O6. The van der Waals surface area contributed by atoms with Gasteiger partial charge in [-0.1, -0.05) is 12.1 Å². The summed E-state index contributed by atoms with van der Waals surface area (Å²) < 4.78 is 11.8. The zero-order chi connectivity index (χ0) is 18.6. The quantitative estimate of drug-likeness (QED) is 0.729. The van der Waals surface area contributed by atoms with Gasteiger partial charge in [-0.2, -0.15) is 0 Å². The van der Waals surface area contributed by atoms with Gasteiger partial charge in [0.2, 0.25) is 5.78 Å². The fourth-order valence-corrected chi connectivity index (χ4v) is 3.23. The lowest BCUT2D eigenvalue weighted by Gasteiger charge is -2.34. The SMILES string of the molecule is CC1(C)C=Cc2c(cc(O)c3c2O[C@@H](c2ccc(O)cc2)[C@H](O)C3=O)O1. The Labute approximate surface area is 149 Å². The number of aromatic hydroxyl groups is 2. The first-order valence-corrected chi connectivity index (χ1v) is 8.23. The predicted molar refractivity (Wildman–Crippen MR) is 93.7 cm³/mol. The Morgan fingerprint density at radius 2 is 1.81 bits per heavy atom. The number of benzene rings is 2. The van der Waals surface area contributed by atoms with E-state index in [2.05, 4.69) is 0 Å². The molecule has 2 aliphatic rings. The molecule has 0 radical (unpaired) electrons. The largest absolute Gasteiger partial charge is 0.508 e. The van der Waals surface area contributed by atoms with E-state index in [1.165, 1.54) is 18.2 Å². The van der Waals surface area contributed by atoms with E-state index in [4.69, 9.17) is 9.47 Å². The van der Waals surface area contributed by atoms with E-state index < -0.39 is 23.6 Å². The fourth-order valence-electron chi connectivity index (χ4n) is 3.23. The van der Waals surface area contributed by atoms with Crippen molar-refractivity contribution in [3.63, 3.8) is 0 Å². The summed E-state index contributed by atoms with van der Waals surface area (Å²) in [4.78, 5) is 12.7. The van der Waals surface area contributed by atoms with Gasteiger partial charge in [0.25, 0.3) is 0 Å². The van der Waals surface area contributed by atoms with Gasteiger partial charge >= 0.3 is 0 Å². The number of hydrogen-bond acceptors (Lipinski definition) is 6. The summed E-state index contributed by atoms with van der Waals surface area (Å²) in [6, 6.07) is 7.43. The molecule has 2 atom stereocenters. The van der Waals surface area contributed by atoms with Gasteiger partial charge in [-0.05, 0) is 43.7 Å². The second kappa shape index (κ2) is 5.51. The van der Waals surface area contributed by atoms with Gasteiger partial charge < -0.3 is 24.8 Å². The molecule has 6 heteroatoms. The molecule has 2 heterocycles. The van der Waals surface area contributed by atoms with Crippen LogP contribution < -0.4 is 9.47 Å². The molecule has 2 aromatic rings. The number of fused-ring (bicyclic) bond motifs is 3. The molecule has 2 aliphatic heterocycles. The number of aliphatic hydroxyl groups is 1. The maximum Gasteiger partial charge on any atom is 0.202 e. The summed E-state index contributed by atoms with van der Waals surface area (Å²) in [6.45, 7) is 3.75. The van der Waals surface area contributed by atoms with Crippen molar-refractivity contribution in [1.82, 2.24) is 0 Å². The summed E-state index contributed by atoms with van der Waals surface area (Å²) >= 11 is 0. The molecule has 0 spiro atoms. The van der Waals surface area contributed by atoms with Crippen LogP contribution in [0.3, 0.4) is 0 Å². The zero-order valence-electron chi connectivity index (χ0n) is 14.3. The minimum Gasteiger partial charge on any atom is -0.508 e. The van der Waals surface area contributed by atoms with Gasteiger partial charge in [0.1, 0.15) is 34.2 Å². The third-order valence-corrected chi connectivity index (χ3v) is 4.55. The molecule has 0 saturated heterocycles. The molecule has 0 unspecified atom stereocenters. The van der Waals surface area contributed by atoms with E-state index in [-0.39, 0.29) is 22.8 Å². The number of rotatable bonds is 1. The number of ether oxygens (including phenoxy) is 2. The van der Waals surface area contributed by atoms with Crippen LogP contribution in [0.2, 0.25) is 0 Å². The van der Waals surface area contributed by atoms with Crippen molar-refractivity contribution in [3.8, 4) is 23.0 Å². The molecule has 2 aromatic carbocycles. The second-order valence-electron chi connectivity index (χ2n) is 6.99. The third-order valence-electron chi connectivity index (χ3n) is 4.55. The minimum absolute atomic E-state index is 0.0563. The van der Waals surface area contributed by atoms with Crippen molar-refractivity contribution < 1.29 is 29.6 Å². The Morgan fingerprint density at radius 3 is 2.50 bits per heavy atom. The highest BCUT2D eigenvalue weighted by atomic mass is 16.5. The number of phenolic OH excluding ortho intramolecular Hbond substituents is 2. The van der Waals surface area contributed by atoms with Gasteiger partial charge in [-0.3, -0.25) is 4.79 Å². The summed E-state index contributed by atoms with van der Waals surface area (Å²) in [5.74, 6) is -0.261. The predicted octanol–water partition coefficient (Wildman–Crippen LogP) is 2.96. The summed E-state index contributed by atoms with van der Waals surface area (Å²) in [5.41, 5.74) is 0.468. The Morgan fingerprint density at radius 1 is 1.12 bits per heavy atom. The minimum atomic E-state index is -1.47. The number of carbonyl (C=O) groups is 1. The molecule has 0 aromatic heterocycles. The third kappa shape index (κ3) is 2.50. The summed E-state index contributed by atoms with van der Waals surface area (Å²) in [6.07, 6.45) is 1.20. The monoisotopic (exact) mass is 354 g/mol. The lowest BCUT2D eigenvalue weighted by molar-refractivity contribution is 0.0207. The molecule has 0 aliphatic carbocycles. The number of aliphatic hydroxyl groups excluding tert-OH is 1. The lowest BCUT2D eigenvalue weighted by atomic mass is 9.90. The summed E-state index contributed by atoms with van der Waals surface area (Å²) in [5, 5.41) is 30.2. The first-order valence-electron chi connectivity index (χ1n) is 8.23. The van der Waals surface area contributed by atoms with Crippen LogP contribution in [0, 0.1) is 0 Å². The van der Waals surface area contributed by atoms with E-state index in [1.54, 1.807) is 18.2 Å². The molecule has 134 valence electrons. The Balaban J connectivity index is 1.85. The average molecular weight is 354 g/mol. The van der Waals surface area contributed by atoms with Crippen LogP contribution in [-0.4, -0.2) is 32.8 Å². The molecule has 6 nitrogen and oxygen atoms in total. The molecular weight excluding hydrogens is 336 g/mol.